The lowest BCUT2D eigenvalue weighted by Gasteiger charge is -2.20. The second kappa shape index (κ2) is 10.1. The molecule has 10 aromatic rings. The van der Waals surface area contributed by atoms with Crippen molar-refractivity contribution in [3.8, 4) is 32.7 Å². The molecule has 0 unspecified atom stereocenters. The molecule has 8 aromatic carbocycles. The molecule has 0 aliphatic heterocycles. The largest absolute Gasteiger partial charge is 0.135 e. The van der Waals surface area contributed by atoms with Crippen molar-refractivity contribution in [3.05, 3.63) is 158 Å². The van der Waals surface area contributed by atoms with Gasteiger partial charge < -0.3 is 0 Å². The summed E-state index contributed by atoms with van der Waals surface area (Å²) < 4.78 is 4.01. The summed E-state index contributed by atoms with van der Waals surface area (Å²) in [7, 11) is 0. The van der Waals surface area contributed by atoms with Gasteiger partial charge in [-0.1, -0.05) is 140 Å². The second-order valence-corrected chi connectivity index (χ2v) is 14.1. The Labute approximate surface area is 274 Å². The summed E-state index contributed by atoms with van der Waals surface area (Å²) in [6, 6.07) is 58.3. The molecule has 0 spiro atoms. The second-order valence-electron chi connectivity index (χ2n) is 12.0. The molecule has 0 fully saturated rings. The Morgan fingerprint density at radius 2 is 0.913 bits per heavy atom. The first kappa shape index (κ1) is 26.0. The van der Waals surface area contributed by atoms with Gasteiger partial charge in [-0.3, -0.25) is 0 Å². The van der Waals surface area contributed by atoms with Gasteiger partial charge in [0.05, 0.1) is 0 Å². The lowest BCUT2D eigenvalue weighted by atomic mass is 9.83. The van der Waals surface area contributed by atoms with Crippen LogP contribution in [0.2, 0.25) is 0 Å². The zero-order chi connectivity index (χ0) is 30.2. The molecule has 0 nitrogen and oxygen atoms in total. The summed E-state index contributed by atoms with van der Waals surface area (Å²) in [5.74, 6) is 0. The molecule has 0 N–H and O–H groups in total. The molecule has 0 aliphatic rings. The Kier molecular flexibility index (Phi) is 5.72. The van der Waals surface area contributed by atoms with Gasteiger partial charge in [0.25, 0.3) is 0 Å². The molecule has 214 valence electrons. The topological polar surface area (TPSA) is 0 Å². The quantitative estimate of drug-likeness (QED) is 0.173. The van der Waals surface area contributed by atoms with Crippen LogP contribution in [-0.2, 0) is 0 Å². The molecule has 2 heteroatoms. The normalized spacial score (nSPS) is 11.9. The van der Waals surface area contributed by atoms with Crippen molar-refractivity contribution < 1.29 is 0 Å². The standard InChI is InChI=1S/C44H26S2/c1-2-14-28(15-3-1)38-25-36-39(46-38)26-40-43(35-22-10-11-24-37(35)45-40)44(36)42-33-20-8-6-18-31(33)41(32-19-7-9-21-34(32)42)30-23-12-16-27-13-4-5-17-29(27)30/h1-26H. The van der Waals surface area contributed by atoms with E-state index in [1.54, 1.807) is 0 Å². The Balaban J connectivity index is 1.42. The van der Waals surface area contributed by atoms with Gasteiger partial charge in [0.1, 0.15) is 0 Å². The van der Waals surface area contributed by atoms with Crippen molar-refractivity contribution in [2.45, 2.75) is 0 Å². The first-order valence-corrected chi connectivity index (χ1v) is 17.3. The maximum Gasteiger partial charge on any atom is 0.0376 e. The summed E-state index contributed by atoms with van der Waals surface area (Å²) >= 11 is 3.81. The number of thiophene rings is 2. The average molecular weight is 619 g/mol. The van der Waals surface area contributed by atoms with Crippen LogP contribution in [0.25, 0.3) is 95.3 Å². The molecule has 0 saturated heterocycles. The van der Waals surface area contributed by atoms with Crippen molar-refractivity contribution in [2.24, 2.45) is 0 Å². The van der Waals surface area contributed by atoms with E-state index < -0.39 is 0 Å². The predicted molar refractivity (Wildman–Crippen MR) is 204 cm³/mol. The van der Waals surface area contributed by atoms with Crippen molar-refractivity contribution >= 4 is 85.2 Å². The van der Waals surface area contributed by atoms with E-state index in [-0.39, 0.29) is 0 Å². The maximum absolute atomic E-state index is 2.44. The molecule has 2 aromatic heterocycles. The molecule has 0 aliphatic carbocycles. The fourth-order valence-electron chi connectivity index (χ4n) is 7.52. The van der Waals surface area contributed by atoms with E-state index in [1.165, 1.54) is 95.3 Å². The minimum Gasteiger partial charge on any atom is -0.135 e. The molecule has 0 atom stereocenters. The van der Waals surface area contributed by atoms with Crippen LogP contribution in [0, 0.1) is 0 Å². The Hall–Kier alpha value is -5.28. The molecule has 10 rings (SSSR count). The predicted octanol–water partition coefficient (Wildman–Crippen LogP) is 13.7. The third-order valence-electron chi connectivity index (χ3n) is 9.46. The lowest BCUT2D eigenvalue weighted by Crippen LogP contribution is -1.92. The van der Waals surface area contributed by atoms with Crippen LogP contribution in [0.3, 0.4) is 0 Å². The lowest BCUT2D eigenvalue weighted by molar-refractivity contribution is 1.70. The van der Waals surface area contributed by atoms with Gasteiger partial charge in [0.15, 0.2) is 0 Å². The fourth-order valence-corrected chi connectivity index (χ4v) is 9.87. The minimum absolute atomic E-state index is 1.26. The van der Waals surface area contributed by atoms with Gasteiger partial charge in [-0.25, -0.2) is 0 Å². The van der Waals surface area contributed by atoms with Crippen LogP contribution in [-0.4, -0.2) is 0 Å². The summed E-state index contributed by atoms with van der Waals surface area (Å²) in [4.78, 5) is 1.31. The van der Waals surface area contributed by atoms with Crippen molar-refractivity contribution in [3.63, 3.8) is 0 Å². The minimum atomic E-state index is 1.26. The Bertz CT molecular complexity index is 2740. The van der Waals surface area contributed by atoms with Gasteiger partial charge in [-0.15, -0.1) is 22.7 Å². The molecule has 0 bridgehead atoms. The van der Waals surface area contributed by atoms with Crippen molar-refractivity contribution in [1.29, 1.82) is 0 Å². The number of hydrogen-bond donors (Lipinski definition) is 0. The van der Waals surface area contributed by atoms with Crippen LogP contribution < -0.4 is 0 Å². The van der Waals surface area contributed by atoms with E-state index >= 15 is 0 Å². The molecule has 2 heterocycles. The zero-order valence-corrected chi connectivity index (χ0v) is 26.5. The van der Waals surface area contributed by atoms with Crippen LogP contribution in [0.15, 0.2) is 158 Å². The van der Waals surface area contributed by atoms with Gasteiger partial charge in [-0.05, 0) is 72.8 Å². The summed E-state index contributed by atoms with van der Waals surface area (Å²) in [6.07, 6.45) is 0. The molecular weight excluding hydrogens is 593 g/mol. The van der Waals surface area contributed by atoms with Crippen molar-refractivity contribution in [1.82, 2.24) is 0 Å². The number of benzene rings is 8. The summed E-state index contributed by atoms with van der Waals surface area (Å²) in [5.41, 5.74) is 6.53. The highest BCUT2D eigenvalue weighted by atomic mass is 32.1. The van der Waals surface area contributed by atoms with E-state index in [4.69, 9.17) is 0 Å². The molecule has 46 heavy (non-hydrogen) atoms. The van der Waals surface area contributed by atoms with Crippen LogP contribution in [0.4, 0.5) is 0 Å². The number of rotatable bonds is 3. The third-order valence-corrected chi connectivity index (χ3v) is 11.7. The van der Waals surface area contributed by atoms with E-state index in [2.05, 4.69) is 158 Å². The average Bonchev–Trinajstić information content (AvgIpc) is 3.71. The first-order chi connectivity index (χ1) is 22.8. The Morgan fingerprint density at radius 3 is 1.65 bits per heavy atom. The zero-order valence-electron chi connectivity index (χ0n) is 24.8. The SMILES string of the molecule is c1ccc(-c2cc3c(-c4c5ccccc5c(-c5cccc6ccccc56)c5ccccc45)c4c(cc3s2)sc2ccccc24)cc1. The number of fused-ring (bicyclic) bond motifs is 7. The maximum atomic E-state index is 2.44. The summed E-state index contributed by atoms with van der Waals surface area (Å²) in [5, 5.41) is 11.7. The monoisotopic (exact) mass is 618 g/mol. The molecule has 0 radical (unpaired) electrons. The van der Waals surface area contributed by atoms with Gasteiger partial charge in [0, 0.05) is 40.7 Å². The van der Waals surface area contributed by atoms with Crippen LogP contribution in [0.5, 0.6) is 0 Å². The van der Waals surface area contributed by atoms with E-state index in [0.717, 1.165) is 0 Å². The number of hydrogen-bond acceptors (Lipinski definition) is 2. The van der Waals surface area contributed by atoms with Gasteiger partial charge in [-0.2, -0.15) is 0 Å². The summed E-state index contributed by atoms with van der Waals surface area (Å²) in [6.45, 7) is 0. The van der Waals surface area contributed by atoms with Gasteiger partial charge >= 0.3 is 0 Å². The van der Waals surface area contributed by atoms with Crippen LogP contribution >= 0.6 is 22.7 Å². The highest BCUT2D eigenvalue weighted by Crippen LogP contribution is 2.52. The fraction of sp³-hybridized carbons (Fsp3) is 0. The molecule has 0 saturated carbocycles. The van der Waals surface area contributed by atoms with Crippen LogP contribution in [0.1, 0.15) is 0 Å². The molecular formula is C44H26S2. The molecule has 0 amide bonds. The first-order valence-electron chi connectivity index (χ1n) is 15.7. The van der Waals surface area contributed by atoms with E-state index in [9.17, 15) is 0 Å². The highest BCUT2D eigenvalue weighted by molar-refractivity contribution is 7.27. The third kappa shape index (κ3) is 3.78. The van der Waals surface area contributed by atoms with Gasteiger partial charge in [0.2, 0.25) is 0 Å². The van der Waals surface area contributed by atoms with E-state index in [0.29, 0.717) is 0 Å². The smallest absolute Gasteiger partial charge is 0.0376 e. The Morgan fingerprint density at radius 1 is 0.326 bits per heavy atom. The van der Waals surface area contributed by atoms with Crippen molar-refractivity contribution in [2.75, 3.05) is 0 Å². The highest BCUT2D eigenvalue weighted by Gasteiger charge is 2.23. The van der Waals surface area contributed by atoms with E-state index in [1.807, 2.05) is 22.7 Å².